The molecule has 1 aromatic heterocycles. The molecule has 60 valence electrons. The van der Waals surface area contributed by atoms with Crippen molar-refractivity contribution >= 4 is 15.9 Å². The Morgan fingerprint density at radius 2 is 2.09 bits per heavy atom. The van der Waals surface area contributed by atoms with Gasteiger partial charge in [0, 0.05) is 10.7 Å². The van der Waals surface area contributed by atoms with Gasteiger partial charge in [0.25, 0.3) is 0 Å². The number of aryl methyl sites for hydroxylation is 2. The maximum atomic E-state index is 4.32. The minimum absolute atomic E-state index is 0.991. The van der Waals surface area contributed by atoms with Crippen molar-refractivity contribution in [2.75, 3.05) is 0 Å². The van der Waals surface area contributed by atoms with Crippen LogP contribution in [0, 0.1) is 0 Å². The molecule has 0 amide bonds. The van der Waals surface area contributed by atoms with Crippen LogP contribution in [0.15, 0.2) is 16.7 Å². The lowest BCUT2D eigenvalue weighted by atomic mass is 10.2. The number of aromatic nitrogens is 1. The molecule has 0 aliphatic heterocycles. The monoisotopic (exact) mass is 213 g/mol. The highest BCUT2D eigenvalue weighted by molar-refractivity contribution is 9.10. The van der Waals surface area contributed by atoms with Gasteiger partial charge in [-0.05, 0) is 40.4 Å². The molecule has 1 heterocycles. The van der Waals surface area contributed by atoms with Gasteiger partial charge in [-0.2, -0.15) is 0 Å². The predicted molar refractivity (Wildman–Crippen MR) is 50.7 cm³/mol. The molecular formula is C9H12BrN. The van der Waals surface area contributed by atoms with Crippen molar-refractivity contribution in [1.82, 2.24) is 4.98 Å². The molecule has 0 saturated carbocycles. The van der Waals surface area contributed by atoms with Crippen molar-refractivity contribution in [3.63, 3.8) is 0 Å². The molecule has 0 aromatic carbocycles. The highest BCUT2D eigenvalue weighted by atomic mass is 79.9. The van der Waals surface area contributed by atoms with Crippen LogP contribution in [0.25, 0.3) is 0 Å². The number of pyridine rings is 1. The smallest absolute Gasteiger partial charge is 0.0542 e. The topological polar surface area (TPSA) is 12.9 Å². The van der Waals surface area contributed by atoms with E-state index in [1.807, 2.05) is 6.20 Å². The number of nitrogens with zero attached hydrogens (tertiary/aromatic N) is 1. The van der Waals surface area contributed by atoms with Gasteiger partial charge in [0.15, 0.2) is 0 Å². The van der Waals surface area contributed by atoms with E-state index in [2.05, 4.69) is 40.8 Å². The summed E-state index contributed by atoms with van der Waals surface area (Å²) in [4.78, 5) is 4.32. The molecule has 0 bridgehead atoms. The summed E-state index contributed by atoms with van der Waals surface area (Å²) in [6, 6.07) is 2.14. The molecule has 0 fully saturated rings. The zero-order valence-electron chi connectivity index (χ0n) is 6.89. The van der Waals surface area contributed by atoms with Gasteiger partial charge >= 0.3 is 0 Å². The summed E-state index contributed by atoms with van der Waals surface area (Å²) in [6.45, 7) is 4.24. The van der Waals surface area contributed by atoms with E-state index in [9.17, 15) is 0 Å². The van der Waals surface area contributed by atoms with Gasteiger partial charge in [-0.1, -0.05) is 13.8 Å². The van der Waals surface area contributed by atoms with Crippen LogP contribution in [0.2, 0.25) is 0 Å². The van der Waals surface area contributed by atoms with E-state index >= 15 is 0 Å². The first-order valence-electron chi connectivity index (χ1n) is 3.91. The van der Waals surface area contributed by atoms with Crippen molar-refractivity contribution < 1.29 is 0 Å². The SMILES string of the molecule is CCc1cnc(CC)c(Br)c1. The zero-order valence-corrected chi connectivity index (χ0v) is 8.48. The van der Waals surface area contributed by atoms with Crippen LogP contribution in [0.3, 0.4) is 0 Å². The molecular weight excluding hydrogens is 202 g/mol. The van der Waals surface area contributed by atoms with Gasteiger partial charge in [0.05, 0.1) is 5.69 Å². The van der Waals surface area contributed by atoms with Gasteiger partial charge < -0.3 is 0 Å². The first kappa shape index (κ1) is 8.72. The van der Waals surface area contributed by atoms with E-state index in [0.717, 1.165) is 23.0 Å². The summed E-state index contributed by atoms with van der Waals surface area (Å²) >= 11 is 3.49. The fraction of sp³-hybridized carbons (Fsp3) is 0.444. The normalized spacial score (nSPS) is 10.1. The molecule has 0 spiro atoms. The summed E-state index contributed by atoms with van der Waals surface area (Å²) < 4.78 is 1.14. The molecule has 0 N–H and O–H groups in total. The molecule has 0 radical (unpaired) electrons. The molecule has 1 rings (SSSR count). The summed E-state index contributed by atoms with van der Waals surface area (Å²) in [5.41, 5.74) is 2.43. The summed E-state index contributed by atoms with van der Waals surface area (Å²) in [6.07, 6.45) is 3.99. The number of hydrogen-bond donors (Lipinski definition) is 0. The van der Waals surface area contributed by atoms with E-state index in [4.69, 9.17) is 0 Å². The van der Waals surface area contributed by atoms with E-state index in [1.165, 1.54) is 5.56 Å². The molecule has 0 atom stereocenters. The Morgan fingerprint density at radius 3 is 2.55 bits per heavy atom. The summed E-state index contributed by atoms with van der Waals surface area (Å²) in [5, 5.41) is 0. The minimum Gasteiger partial charge on any atom is -0.260 e. The van der Waals surface area contributed by atoms with E-state index < -0.39 is 0 Å². The largest absolute Gasteiger partial charge is 0.260 e. The second-order valence-corrected chi connectivity index (χ2v) is 3.33. The molecule has 0 saturated heterocycles. The van der Waals surface area contributed by atoms with Gasteiger partial charge in [0.1, 0.15) is 0 Å². The van der Waals surface area contributed by atoms with Gasteiger partial charge in [-0.25, -0.2) is 0 Å². The number of rotatable bonds is 2. The van der Waals surface area contributed by atoms with Crippen LogP contribution in [0.5, 0.6) is 0 Å². The van der Waals surface area contributed by atoms with Crippen LogP contribution in [0.1, 0.15) is 25.1 Å². The molecule has 0 aliphatic carbocycles. The third-order valence-electron chi connectivity index (χ3n) is 1.72. The fourth-order valence-electron chi connectivity index (χ4n) is 0.959. The van der Waals surface area contributed by atoms with Gasteiger partial charge in [0.2, 0.25) is 0 Å². The van der Waals surface area contributed by atoms with E-state index in [-0.39, 0.29) is 0 Å². The quantitative estimate of drug-likeness (QED) is 0.737. The Labute approximate surface area is 76.0 Å². The third kappa shape index (κ3) is 2.03. The standard InChI is InChI=1S/C9H12BrN/c1-3-7-5-8(10)9(4-2)11-6-7/h5-6H,3-4H2,1-2H3. The Bertz CT molecular complexity index is 245. The average molecular weight is 214 g/mol. The zero-order chi connectivity index (χ0) is 8.27. The van der Waals surface area contributed by atoms with Crippen molar-refractivity contribution in [1.29, 1.82) is 0 Å². The molecule has 2 heteroatoms. The van der Waals surface area contributed by atoms with Crippen molar-refractivity contribution in [2.24, 2.45) is 0 Å². The molecule has 1 nitrogen and oxygen atoms in total. The molecule has 0 aliphatic rings. The van der Waals surface area contributed by atoms with Crippen molar-refractivity contribution in [2.45, 2.75) is 26.7 Å². The molecule has 1 aromatic rings. The Balaban J connectivity index is 2.99. The van der Waals surface area contributed by atoms with E-state index in [0.29, 0.717) is 0 Å². The first-order valence-corrected chi connectivity index (χ1v) is 4.70. The van der Waals surface area contributed by atoms with Gasteiger partial charge in [-0.3, -0.25) is 4.98 Å². The number of halogens is 1. The lowest BCUT2D eigenvalue weighted by Gasteiger charge is -2.01. The van der Waals surface area contributed by atoms with E-state index in [1.54, 1.807) is 0 Å². The lowest BCUT2D eigenvalue weighted by Crippen LogP contribution is -1.90. The van der Waals surface area contributed by atoms with Crippen LogP contribution in [0.4, 0.5) is 0 Å². The Hall–Kier alpha value is -0.370. The van der Waals surface area contributed by atoms with Crippen molar-refractivity contribution in [3.05, 3.63) is 28.0 Å². The van der Waals surface area contributed by atoms with Gasteiger partial charge in [-0.15, -0.1) is 0 Å². The second kappa shape index (κ2) is 3.86. The van der Waals surface area contributed by atoms with Crippen LogP contribution in [-0.4, -0.2) is 4.98 Å². The number of hydrogen-bond acceptors (Lipinski definition) is 1. The fourth-order valence-corrected chi connectivity index (χ4v) is 1.64. The minimum atomic E-state index is 0.991. The Kier molecular flexibility index (Phi) is 3.06. The van der Waals surface area contributed by atoms with Crippen LogP contribution < -0.4 is 0 Å². The highest BCUT2D eigenvalue weighted by Gasteiger charge is 1.98. The summed E-state index contributed by atoms with van der Waals surface area (Å²) in [5.74, 6) is 0. The third-order valence-corrected chi connectivity index (χ3v) is 2.40. The molecule has 11 heavy (non-hydrogen) atoms. The van der Waals surface area contributed by atoms with Crippen LogP contribution >= 0.6 is 15.9 Å². The molecule has 0 unspecified atom stereocenters. The first-order chi connectivity index (χ1) is 5.27. The maximum Gasteiger partial charge on any atom is 0.0542 e. The maximum absolute atomic E-state index is 4.32. The average Bonchev–Trinajstić information content (AvgIpc) is 2.04. The predicted octanol–water partition coefficient (Wildman–Crippen LogP) is 2.97. The highest BCUT2D eigenvalue weighted by Crippen LogP contribution is 2.16. The van der Waals surface area contributed by atoms with Crippen molar-refractivity contribution in [3.8, 4) is 0 Å². The Morgan fingerprint density at radius 1 is 1.36 bits per heavy atom. The summed E-state index contributed by atoms with van der Waals surface area (Å²) in [7, 11) is 0. The lowest BCUT2D eigenvalue weighted by molar-refractivity contribution is 0.992. The van der Waals surface area contributed by atoms with Crippen LogP contribution in [-0.2, 0) is 12.8 Å². The second-order valence-electron chi connectivity index (χ2n) is 2.48.